The van der Waals surface area contributed by atoms with Crippen LogP contribution in [0.2, 0.25) is 0 Å². The Labute approximate surface area is 152 Å². The van der Waals surface area contributed by atoms with Crippen LogP contribution in [0.25, 0.3) is 0 Å². The smallest absolute Gasteiger partial charge is 0.154 e. The highest BCUT2D eigenvalue weighted by Crippen LogP contribution is 2.44. The predicted octanol–water partition coefficient (Wildman–Crippen LogP) is 3.13. The number of anilines is 2. The van der Waals surface area contributed by atoms with Crippen LogP contribution in [0.15, 0.2) is 29.9 Å². The summed E-state index contributed by atoms with van der Waals surface area (Å²) < 4.78 is 27.6. The van der Waals surface area contributed by atoms with Crippen molar-refractivity contribution < 1.29 is 8.78 Å². The van der Waals surface area contributed by atoms with Gasteiger partial charge in [0.1, 0.15) is 11.6 Å². The van der Waals surface area contributed by atoms with Crippen molar-refractivity contribution >= 4 is 11.4 Å². The molecule has 1 aromatic rings. The molecule has 5 nitrogen and oxygen atoms in total. The third-order valence-corrected chi connectivity index (χ3v) is 5.51. The lowest BCUT2D eigenvalue weighted by atomic mass is 9.69. The van der Waals surface area contributed by atoms with Gasteiger partial charge in [-0.2, -0.15) is 0 Å². The van der Waals surface area contributed by atoms with Crippen LogP contribution in [-0.2, 0) is 0 Å². The van der Waals surface area contributed by atoms with Crippen LogP contribution in [0.4, 0.5) is 20.2 Å². The van der Waals surface area contributed by atoms with E-state index in [4.69, 9.17) is 17.2 Å². The maximum atomic E-state index is 14.2. The Kier molecular flexibility index (Phi) is 4.98. The number of nitrogens with zero attached hydrogens (tertiary/aromatic N) is 1. The first-order valence-electron chi connectivity index (χ1n) is 9.00. The second-order valence-corrected chi connectivity index (χ2v) is 7.52. The number of nitrogen functional groups attached to an aromatic ring is 1. The van der Waals surface area contributed by atoms with Gasteiger partial charge in [0.2, 0.25) is 0 Å². The molecular weight excluding hydrogens is 336 g/mol. The summed E-state index contributed by atoms with van der Waals surface area (Å²) in [7, 11) is 0. The normalized spacial score (nSPS) is 20.2. The molecule has 1 aliphatic heterocycles. The molecule has 7 N–H and O–H groups in total. The van der Waals surface area contributed by atoms with Crippen molar-refractivity contribution in [2.24, 2.45) is 16.9 Å². The van der Waals surface area contributed by atoms with Crippen LogP contribution in [0.1, 0.15) is 37.7 Å². The van der Waals surface area contributed by atoms with Crippen LogP contribution in [-0.4, -0.2) is 18.0 Å². The number of likely N-dealkylation sites (tertiary alicyclic amines) is 1. The van der Waals surface area contributed by atoms with Crippen LogP contribution in [0.5, 0.6) is 0 Å². The molecule has 0 amide bonds. The van der Waals surface area contributed by atoms with E-state index in [0.29, 0.717) is 11.2 Å². The molecule has 0 aromatic heterocycles. The molecule has 142 valence electrons. The molecule has 0 radical (unpaired) electrons. The van der Waals surface area contributed by atoms with E-state index in [1.165, 1.54) is 39.0 Å². The van der Waals surface area contributed by atoms with E-state index in [1.54, 1.807) is 12.2 Å². The van der Waals surface area contributed by atoms with Crippen molar-refractivity contribution in [2.45, 2.75) is 39.0 Å². The highest BCUT2D eigenvalue weighted by molar-refractivity contribution is 5.70. The van der Waals surface area contributed by atoms with Gasteiger partial charge in [-0.15, -0.1) is 0 Å². The summed E-state index contributed by atoms with van der Waals surface area (Å²) >= 11 is 0. The van der Waals surface area contributed by atoms with Gasteiger partial charge in [0.15, 0.2) is 5.82 Å². The second-order valence-electron chi connectivity index (χ2n) is 7.52. The van der Waals surface area contributed by atoms with E-state index >= 15 is 0 Å². The third kappa shape index (κ3) is 3.57. The molecule has 1 saturated heterocycles. The Morgan fingerprint density at radius 1 is 1.15 bits per heavy atom. The van der Waals surface area contributed by atoms with Crippen LogP contribution >= 0.6 is 0 Å². The summed E-state index contributed by atoms with van der Waals surface area (Å²) in [4.78, 5) is 2.13. The minimum atomic E-state index is -0.752. The number of benzene rings is 1. The van der Waals surface area contributed by atoms with Gasteiger partial charge >= 0.3 is 0 Å². The lowest BCUT2D eigenvalue weighted by Crippen LogP contribution is -2.57. The molecule has 0 bridgehead atoms. The molecule has 0 unspecified atom stereocenters. The molecule has 2 aliphatic rings. The highest BCUT2D eigenvalue weighted by Gasteiger charge is 2.43. The first kappa shape index (κ1) is 18.4. The van der Waals surface area contributed by atoms with Crippen LogP contribution < -0.4 is 22.5 Å². The summed E-state index contributed by atoms with van der Waals surface area (Å²) in [5, 5.41) is 2.69. The van der Waals surface area contributed by atoms with E-state index in [1.807, 2.05) is 0 Å². The first-order valence-corrected chi connectivity index (χ1v) is 9.00. The van der Waals surface area contributed by atoms with Gasteiger partial charge in [0, 0.05) is 24.1 Å². The van der Waals surface area contributed by atoms with Gasteiger partial charge in [-0.1, -0.05) is 19.3 Å². The fraction of sp³-hybridized carbons (Fsp3) is 0.474. The Bertz CT molecular complexity index is 743. The first-order chi connectivity index (χ1) is 12.3. The van der Waals surface area contributed by atoms with Gasteiger partial charge in [-0.25, -0.2) is 8.78 Å². The SMILES string of the molecule is Cc1c(F)cc(N)c(N/C(N)=C/C=C(\N)N2CC3(CCCCC3)C2)c1F. The average molecular weight is 363 g/mol. The molecule has 1 aromatic carbocycles. The summed E-state index contributed by atoms with van der Waals surface area (Å²) in [6, 6.07) is 1.07. The lowest BCUT2D eigenvalue weighted by molar-refractivity contribution is -0.00466. The number of nitrogens with one attached hydrogen (secondary N) is 1. The third-order valence-electron chi connectivity index (χ3n) is 5.51. The lowest BCUT2D eigenvalue weighted by Gasteiger charge is -2.53. The van der Waals surface area contributed by atoms with E-state index in [-0.39, 0.29) is 22.8 Å². The summed E-state index contributed by atoms with van der Waals surface area (Å²) in [5.74, 6) is -0.628. The van der Waals surface area contributed by atoms with Crippen molar-refractivity contribution in [1.29, 1.82) is 0 Å². The zero-order valence-electron chi connectivity index (χ0n) is 15.1. The minimum absolute atomic E-state index is 0.0327. The Morgan fingerprint density at radius 3 is 2.46 bits per heavy atom. The fourth-order valence-electron chi connectivity index (χ4n) is 3.89. The number of rotatable bonds is 4. The van der Waals surface area contributed by atoms with E-state index in [9.17, 15) is 8.78 Å². The average Bonchev–Trinajstić information content (AvgIpc) is 2.60. The van der Waals surface area contributed by atoms with Gasteiger partial charge in [0.25, 0.3) is 0 Å². The van der Waals surface area contributed by atoms with Crippen LogP contribution in [0, 0.1) is 24.0 Å². The van der Waals surface area contributed by atoms with Crippen molar-refractivity contribution in [3.63, 3.8) is 0 Å². The second kappa shape index (κ2) is 7.05. The topological polar surface area (TPSA) is 93.3 Å². The minimum Gasteiger partial charge on any atom is -0.397 e. The van der Waals surface area contributed by atoms with E-state index in [2.05, 4.69) is 10.2 Å². The molecule has 1 heterocycles. The van der Waals surface area contributed by atoms with Gasteiger partial charge in [-0.3, -0.25) is 0 Å². The molecule has 0 atom stereocenters. The highest BCUT2D eigenvalue weighted by atomic mass is 19.1. The van der Waals surface area contributed by atoms with Gasteiger partial charge in [0.05, 0.1) is 17.2 Å². The quantitative estimate of drug-likeness (QED) is 0.487. The molecule has 3 rings (SSSR count). The summed E-state index contributed by atoms with van der Waals surface area (Å²) in [6.07, 6.45) is 9.76. The monoisotopic (exact) mass is 363 g/mol. The van der Waals surface area contributed by atoms with Gasteiger partial charge < -0.3 is 27.4 Å². The largest absolute Gasteiger partial charge is 0.397 e. The number of allylic oxidation sites excluding steroid dienone is 2. The predicted molar refractivity (Wildman–Crippen MR) is 101 cm³/mol. The number of hydrogen-bond acceptors (Lipinski definition) is 5. The zero-order valence-corrected chi connectivity index (χ0v) is 15.1. The molecular formula is C19H27F2N5. The standard InChI is InChI=1S/C19H27F2N5/c1-12-13(20)9-14(22)18(17(12)21)25-15(23)5-6-16(24)26-10-19(11-26)7-3-2-4-8-19/h5-6,9,25H,2-4,7-8,10-11,22-24H2,1H3/b15-5+,16-6+. The fourth-order valence-corrected chi connectivity index (χ4v) is 3.89. The Balaban J connectivity index is 1.64. The maximum Gasteiger partial charge on any atom is 0.154 e. The van der Waals surface area contributed by atoms with E-state index < -0.39 is 11.6 Å². The van der Waals surface area contributed by atoms with Crippen LogP contribution in [0.3, 0.4) is 0 Å². The van der Waals surface area contributed by atoms with Crippen molar-refractivity contribution in [2.75, 3.05) is 24.1 Å². The maximum absolute atomic E-state index is 14.2. The number of hydrogen-bond donors (Lipinski definition) is 4. The summed E-state index contributed by atoms with van der Waals surface area (Å²) in [5.41, 5.74) is 18.0. The molecule has 7 heteroatoms. The molecule has 2 fully saturated rings. The number of nitrogens with two attached hydrogens (primary N) is 3. The molecule has 1 aliphatic carbocycles. The Morgan fingerprint density at radius 2 is 1.81 bits per heavy atom. The van der Waals surface area contributed by atoms with Crippen molar-refractivity contribution in [3.05, 3.63) is 47.1 Å². The molecule has 1 saturated carbocycles. The number of halogens is 2. The molecule has 1 spiro atoms. The zero-order chi connectivity index (χ0) is 18.9. The van der Waals surface area contributed by atoms with Crippen molar-refractivity contribution in [3.8, 4) is 0 Å². The van der Waals surface area contributed by atoms with Gasteiger partial charge in [-0.05, 0) is 38.0 Å². The Hall–Kier alpha value is -2.44. The summed E-state index contributed by atoms with van der Waals surface area (Å²) in [6.45, 7) is 3.31. The molecule has 26 heavy (non-hydrogen) atoms. The van der Waals surface area contributed by atoms with E-state index in [0.717, 1.165) is 19.2 Å². The van der Waals surface area contributed by atoms with Crippen molar-refractivity contribution in [1.82, 2.24) is 4.90 Å².